The Balaban J connectivity index is 1.57. The van der Waals surface area contributed by atoms with Gasteiger partial charge >= 0.3 is 0 Å². The molecule has 2 aromatic heterocycles. The van der Waals surface area contributed by atoms with Crippen LogP contribution in [0.15, 0.2) is 72.2 Å². The molecule has 0 spiro atoms. The first-order valence-corrected chi connectivity index (χ1v) is 9.70. The van der Waals surface area contributed by atoms with E-state index in [9.17, 15) is 9.59 Å². The molecule has 7 heteroatoms. The number of H-pyrrole nitrogens is 1. The highest BCUT2D eigenvalue weighted by Gasteiger charge is 2.23. The Morgan fingerprint density at radius 1 is 1.04 bits per heavy atom. The maximum absolute atomic E-state index is 13.0. The number of carbonyl (C=O) groups excluding carboxylic acids is 2. The van der Waals surface area contributed by atoms with Gasteiger partial charge in [-0.25, -0.2) is 0 Å². The van der Waals surface area contributed by atoms with E-state index in [1.165, 1.54) is 11.3 Å². The lowest BCUT2D eigenvalue weighted by molar-refractivity contribution is -0.118. The van der Waals surface area contributed by atoms with Crippen LogP contribution >= 0.6 is 11.3 Å². The third-order valence-corrected chi connectivity index (χ3v) is 5.26. The zero-order valence-corrected chi connectivity index (χ0v) is 15.7. The largest absolute Gasteiger partial charge is 0.339 e. The Labute approximate surface area is 165 Å². The standard InChI is InChI=1S/C21H18N4O2S/c26-20(23-16-8-4-9-17-15(16)13-22-25-17)18(12-14-6-2-1-3-7-14)24-21(27)19-10-5-11-28-19/h1-11,13,18H,12H2,(H,22,25)(H,23,26)(H,24,27). The van der Waals surface area contributed by atoms with E-state index in [1.807, 2.05) is 60.0 Å². The van der Waals surface area contributed by atoms with Crippen LogP contribution in [0.4, 0.5) is 5.69 Å². The molecular formula is C21H18N4O2S. The molecule has 3 N–H and O–H groups in total. The maximum Gasteiger partial charge on any atom is 0.262 e. The zero-order valence-electron chi connectivity index (χ0n) is 14.9. The summed E-state index contributed by atoms with van der Waals surface area (Å²) in [5, 5.41) is 15.4. The van der Waals surface area contributed by atoms with Crippen molar-refractivity contribution in [3.63, 3.8) is 0 Å². The number of hydrogen-bond acceptors (Lipinski definition) is 4. The number of anilines is 1. The number of carbonyl (C=O) groups is 2. The average molecular weight is 390 g/mol. The zero-order chi connectivity index (χ0) is 19.3. The molecule has 4 aromatic rings. The van der Waals surface area contributed by atoms with Crippen LogP contribution in [0.1, 0.15) is 15.2 Å². The maximum atomic E-state index is 13.0. The van der Waals surface area contributed by atoms with E-state index in [0.29, 0.717) is 17.0 Å². The van der Waals surface area contributed by atoms with Gasteiger partial charge in [0.2, 0.25) is 5.91 Å². The fourth-order valence-corrected chi connectivity index (χ4v) is 3.62. The molecule has 0 saturated carbocycles. The lowest BCUT2D eigenvalue weighted by Gasteiger charge is -2.18. The Morgan fingerprint density at radius 2 is 1.89 bits per heavy atom. The second-order valence-electron chi connectivity index (χ2n) is 6.32. The molecule has 28 heavy (non-hydrogen) atoms. The molecule has 4 rings (SSSR count). The van der Waals surface area contributed by atoms with Crippen LogP contribution in [0.25, 0.3) is 10.9 Å². The number of nitrogens with one attached hydrogen (secondary N) is 3. The van der Waals surface area contributed by atoms with Gasteiger partial charge < -0.3 is 10.6 Å². The molecule has 1 unspecified atom stereocenters. The number of benzene rings is 2. The topological polar surface area (TPSA) is 86.9 Å². The molecule has 0 fully saturated rings. The van der Waals surface area contributed by atoms with Crippen molar-refractivity contribution in [2.45, 2.75) is 12.5 Å². The van der Waals surface area contributed by atoms with E-state index in [4.69, 9.17) is 0 Å². The van der Waals surface area contributed by atoms with Gasteiger partial charge in [-0.2, -0.15) is 5.10 Å². The Bertz CT molecular complexity index is 1090. The van der Waals surface area contributed by atoms with Crippen molar-refractivity contribution in [2.75, 3.05) is 5.32 Å². The quantitative estimate of drug-likeness (QED) is 0.470. The van der Waals surface area contributed by atoms with E-state index < -0.39 is 6.04 Å². The molecule has 0 bridgehead atoms. The van der Waals surface area contributed by atoms with Crippen LogP contribution in [0.3, 0.4) is 0 Å². The number of aromatic nitrogens is 2. The Morgan fingerprint density at radius 3 is 2.68 bits per heavy atom. The molecule has 0 saturated heterocycles. The number of amides is 2. The van der Waals surface area contributed by atoms with Gasteiger partial charge in [0, 0.05) is 11.8 Å². The summed E-state index contributed by atoms with van der Waals surface area (Å²) in [4.78, 5) is 26.1. The summed E-state index contributed by atoms with van der Waals surface area (Å²) in [7, 11) is 0. The Kier molecular flexibility index (Phi) is 5.16. The number of fused-ring (bicyclic) bond motifs is 1. The van der Waals surface area contributed by atoms with Crippen LogP contribution < -0.4 is 10.6 Å². The monoisotopic (exact) mass is 390 g/mol. The lowest BCUT2D eigenvalue weighted by Crippen LogP contribution is -2.45. The third kappa shape index (κ3) is 3.94. The first-order valence-electron chi connectivity index (χ1n) is 8.82. The Hall–Kier alpha value is -3.45. The predicted molar refractivity (Wildman–Crippen MR) is 110 cm³/mol. The van der Waals surface area contributed by atoms with Crippen LogP contribution in [0.5, 0.6) is 0 Å². The molecule has 6 nitrogen and oxygen atoms in total. The normalized spacial score (nSPS) is 11.9. The van der Waals surface area contributed by atoms with Crippen molar-refractivity contribution in [2.24, 2.45) is 0 Å². The molecule has 1 atom stereocenters. The minimum Gasteiger partial charge on any atom is -0.339 e. The van der Waals surface area contributed by atoms with Crippen molar-refractivity contribution >= 4 is 39.7 Å². The minimum absolute atomic E-state index is 0.257. The number of aromatic amines is 1. The minimum atomic E-state index is -0.709. The predicted octanol–water partition coefficient (Wildman–Crippen LogP) is 3.60. The van der Waals surface area contributed by atoms with Crippen molar-refractivity contribution in [3.8, 4) is 0 Å². The highest BCUT2D eigenvalue weighted by Crippen LogP contribution is 2.21. The molecule has 0 aliphatic heterocycles. The first kappa shape index (κ1) is 17.9. The number of rotatable bonds is 6. The average Bonchev–Trinajstić information content (AvgIpc) is 3.40. The summed E-state index contributed by atoms with van der Waals surface area (Å²) in [5.41, 5.74) is 2.45. The number of hydrogen-bond donors (Lipinski definition) is 3. The molecule has 0 radical (unpaired) electrons. The van der Waals surface area contributed by atoms with Crippen LogP contribution in [0, 0.1) is 0 Å². The number of thiophene rings is 1. The molecule has 2 aromatic carbocycles. The van der Waals surface area contributed by atoms with E-state index in [0.717, 1.165) is 16.5 Å². The van der Waals surface area contributed by atoms with Gasteiger partial charge in [0.1, 0.15) is 6.04 Å². The van der Waals surface area contributed by atoms with Gasteiger partial charge in [0.05, 0.1) is 22.3 Å². The molecule has 2 amide bonds. The number of nitrogens with zero attached hydrogens (tertiary/aromatic N) is 1. The van der Waals surface area contributed by atoms with Crippen LogP contribution in [-0.2, 0) is 11.2 Å². The highest BCUT2D eigenvalue weighted by molar-refractivity contribution is 7.12. The van der Waals surface area contributed by atoms with Crippen LogP contribution in [0.2, 0.25) is 0 Å². The fraction of sp³-hybridized carbons (Fsp3) is 0.0952. The summed E-state index contributed by atoms with van der Waals surface area (Å²) in [6, 6.07) is 18.0. The molecule has 140 valence electrons. The van der Waals surface area contributed by atoms with Crippen molar-refractivity contribution in [1.82, 2.24) is 15.5 Å². The van der Waals surface area contributed by atoms with Crippen molar-refractivity contribution in [3.05, 3.63) is 82.7 Å². The fourth-order valence-electron chi connectivity index (χ4n) is 2.99. The second kappa shape index (κ2) is 8.06. The molecule has 2 heterocycles. The van der Waals surface area contributed by atoms with Gasteiger partial charge in [-0.3, -0.25) is 14.7 Å². The third-order valence-electron chi connectivity index (χ3n) is 4.39. The van der Waals surface area contributed by atoms with E-state index >= 15 is 0 Å². The summed E-state index contributed by atoms with van der Waals surface area (Å²) in [6.07, 6.45) is 2.06. The van der Waals surface area contributed by atoms with Gasteiger partial charge in [-0.05, 0) is 29.1 Å². The SMILES string of the molecule is O=C(NC(Cc1ccccc1)C(=O)Nc1cccc2[nH]ncc12)c1cccs1. The van der Waals surface area contributed by atoms with Gasteiger partial charge in [0.25, 0.3) is 5.91 Å². The van der Waals surface area contributed by atoms with Crippen LogP contribution in [-0.4, -0.2) is 28.1 Å². The van der Waals surface area contributed by atoms with E-state index in [-0.39, 0.29) is 11.8 Å². The van der Waals surface area contributed by atoms with Crippen molar-refractivity contribution < 1.29 is 9.59 Å². The summed E-state index contributed by atoms with van der Waals surface area (Å²) in [5.74, 6) is -0.532. The first-order chi connectivity index (χ1) is 13.7. The smallest absolute Gasteiger partial charge is 0.262 e. The summed E-state index contributed by atoms with van der Waals surface area (Å²) < 4.78 is 0. The van der Waals surface area contributed by atoms with Gasteiger partial charge in [-0.1, -0.05) is 42.5 Å². The summed E-state index contributed by atoms with van der Waals surface area (Å²) in [6.45, 7) is 0. The van der Waals surface area contributed by atoms with E-state index in [1.54, 1.807) is 12.3 Å². The van der Waals surface area contributed by atoms with Gasteiger partial charge in [-0.15, -0.1) is 11.3 Å². The lowest BCUT2D eigenvalue weighted by atomic mass is 10.0. The highest BCUT2D eigenvalue weighted by atomic mass is 32.1. The molecule has 0 aliphatic rings. The molecular weight excluding hydrogens is 372 g/mol. The second-order valence-corrected chi connectivity index (χ2v) is 7.27. The molecule has 0 aliphatic carbocycles. The van der Waals surface area contributed by atoms with E-state index in [2.05, 4.69) is 20.8 Å². The summed E-state index contributed by atoms with van der Waals surface area (Å²) >= 11 is 1.34. The van der Waals surface area contributed by atoms with Gasteiger partial charge in [0.15, 0.2) is 0 Å². The van der Waals surface area contributed by atoms with Crippen molar-refractivity contribution in [1.29, 1.82) is 0 Å².